The first-order chi connectivity index (χ1) is 18.7. The fraction of sp³-hybridized carbons (Fsp3) is 0.243. The van der Waals surface area contributed by atoms with Crippen LogP contribution in [0.15, 0.2) is 114 Å². The summed E-state index contributed by atoms with van der Waals surface area (Å²) in [6.45, 7) is 10.4. The van der Waals surface area contributed by atoms with Crippen LogP contribution in [-0.4, -0.2) is 20.5 Å². The molecule has 0 aliphatic rings. The third-order valence-corrected chi connectivity index (χ3v) is 6.69. The van der Waals surface area contributed by atoms with E-state index in [1.54, 1.807) is 26.0 Å². The highest BCUT2D eigenvalue weighted by molar-refractivity contribution is 7.98. The minimum Gasteiger partial charge on any atom is -0.497 e. The van der Waals surface area contributed by atoms with Gasteiger partial charge < -0.3 is 9.47 Å². The van der Waals surface area contributed by atoms with Crippen LogP contribution in [0.2, 0.25) is 0 Å². The van der Waals surface area contributed by atoms with Crippen LogP contribution in [0.4, 0.5) is 0 Å². The summed E-state index contributed by atoms with van der Waals surface area (Å²) in [7, 11) is 3.37. The van der Waals surface area contributed by atoms with Gasteiger partial charge in [-0.3, -0.25) is 0 Å². The zero-order chi connectivity index (χ0) is 28.6. The predicted molar refractivity (Wildman–Crippen MR) is 179 cm³/mol. The second kappa shape index (κ2) is 18.6. The van der Waals surface area contributed by atoms with Crippen molar-refractivity contribution in [1.29, 1.82) is 0 Å². The van der Waals surface area contributed by atoms with Crippen molar-refractivity contribution in [3.63, 3.8) is 0 Å². The standard InChI is InChI=1S/C12H12O.C8H10O.C8H10S.C8H10.CH4/c1-9-6-7-11-10(8-9)4-3-5-12(11)13-2;2*1-7-3-5-8(9-2)6-4-7;1-7-3-5-8(2)6-4-7;/h3-8H,1-2H3;2*3-6H,1-2H3;3-6H,1-2H3;1H4. The molecule has 2 nitrogen and oxygen atoms in total. The number of aryl methyl sites for hydroxylation is 5. The highest BCUT2D eigenvalue weighted by Gasteiger charge is 1.99. The molecule has 0 saturated carbocycles. The van der Waals surface area contributed by atoms with Gasteiger partial charge in [0, 0.05) is 10.3 Å². The molecule has 0 aliphatic heterocycles. The largest absolute Gasteiger partial charge is 0.497 e. The number of methoxy groups -OCH3 is 2. The topological polar surface area (TPSA) is 18.5 Å². The van der Waals surface area contributed by atoms with Gasteiger partial charge in [-0.05, 0) is 76.6 Å². The Bertz CT molecular complexity index is 1310. The smallest absolute Gasteiger partial charge is 0.126 e. The molecule has 0 bridgehead atoms. The lowest BCUT2D eigenvalue weighted by atomic mass is 10.1. The van der Waals surface area contributed by atoms with Crippen LogP contribution in [0.3, 0.4) is 0 Å². The Morgan fingerprint density at radius 2 is 0.950 bits per heavy atom. The van der Waals surface area contributed by atoms with E-state index >= 15 is 0 Å². The van der Waals surface area contributed by atoms with Crippen LogP contribution >= 0.6 is 11.8 Å². The fourth-order valence-corrected chi connectivity index (χ4v) is 3.95. The van der Waals surface area contributed by atoms with Crippen LogP contribution in [0.5, 0.6) is 11.5 Å². The maximum Gasteiger partial charge on any atom is 0.126 e. The van der Waals surface area contributed by atoms with Gasteiger partial charge in [0.15, 0.2) is 0 Å². The number of benzene rings is 5. The minimum absolute atomic E-state index is 0. The molecule has 0 atom stereocenters. The lowest BCUT2D eigenvalue weighted by molar-refractivity contribution is 0.414. The monoisotopic (exact) mass is 554 g/mol. The van der Waals surface area contributed by atoms with Crippen molar-refractivity contribution in [1.82, 2.24) is 0 Å². The molecule has 0 saturated heterocycles. The van der Waals surface area contributed by atoms with E-state index in [4.69, 9.17) is 9.47 Å². The Balaban J connectivity index is 0.000000270. The quantitative estimate of drug-likeness (QED) is 0.207. The Hall–Kier alpha value is -3.69. The van der Waals surface area contributed by atoms with E-state index in [9.17, 15) is 0 Å². The lowest BCUT2D eigenvalue weighted by Crippen LogP contribution is -1.84. The Labute approximate surface area is 247 Å². The van der Waals surface area contributed by atoms with E-state index in [2.05, 4.69) is 114 Å². The van der Waals surface area contributed by atoms with Gasteiger partial charge in [-0.1, -0.05) is 114 Å². The molecule has 3 heteroatoms. The molecule has 0 heterocycles. The molecule has 0 N–H and O–H groups in total. The summed E-state index contributed by atoms with van der Waals surface area (Å²) >= 11 is 1.78. The molecule has 0 spiro atoms. The fourth-order valence-electron chi connectivity index (χ4n) is 3.54. The zero-order valence-electron chi connectivity index (χ0n) is 24.6. The lowest BCUT2D eigenvalue weighted by Gasteiger charge is -2.05. The second-order valence-electron chi connectivity index (χ2n) is 9.37. The number of rotatable bonds is 3. The molecule has 0 radical (unpaired) electrons. The summed E-state index contributed by atoms with van der Waals surface area (Å²) in [5, 5.41) is 2.41. The first kappa shape index (κ1) is 34.3. The van der Waals surface area contributed by atoms with Crippen LogP contribution in [0, 0.1) is 34.6 Å². The number of ether oxygens (including phenoxy) is 2. The molecule has 0 unspecified atom stereocenters. The summed E-state index contributed by atoms with van der Waals surface area (Å²) in [5.74, 6) is 1.86. The molecule has 0 amide bonds. The van der Waals surface area contributed by atoms with Crippen molar-refractivity contribution in [2.75, 3.05) is 20.5 Å². The van der Waals surface area contributed by atoms with Gasteiger partial charge in [0.1, 0.15) is 11.5 Å². The Morgan fingerprint density at radius 1 is 0.500 bits per heavy atom. The third-order valence-electron chi connectivity index (χ3n) is 5.95. The summed E-state index contributed by atoms with van der Waals surface area (Å²) in [6, 6.07) is 37.4. The number of thioether (sulfide) groups is 1. The average Bonchev–Trinajstić information content (AvgIpc) is 2.96. The average molecular weight is 555 g/mol. The van der Waals surface area contributed by atoms with Crippen molar-refractivity contribution in [3.8, 4) is 11.5 Å². The van der Waals surface area contributed by atoms with Crippen LogP contribution in [0.1, 0.15) is 35.2 Å². The maximum atomic E-state index is 5.27. The van der Waals surface area contributed by atoms with E-state index in [1.165, 1.54) is 43.5 Å². The zero-order valence-corrected chi connectivity index (χ0v) is 25.4. The van der Waals surface area contributed by atoms with E-state index in [-0.39, 0.29) is 7.43 Å². The molecule has 5 aromatic rings. The summed E-state index contributed by atoms with van der Waals surface area (Å²) in [5.41, 5.74) is 6.52. The van der Waals surface area contributed by atoms with E-state index in [1.807, 2.05) is 36.4 Å². The van der Waals surface area contributed by atoms with Crippen molar-refractivity contribution in [3.05, 3.63) is 137 Å². The molecular weight excluding hydrogens is 508 g/mol. The van der Waals surface area contributed by atoms with Crippen molar-refractivity contribution in [2.45, 2.75) is 46.9 Å². The molecule has 5 rings (SSSR count). The molecule has 0 fully saturated rings. The van der Waals surface area contributed by atoms with Gasteiger partial charge in [0.05, 0.1) is 14.2 Å². The molecule has 5 aromatic carbocycles. The SMILES string of the molecule is C.COc1ccc(C)cc1.COc1cccc2cc(C)ccc12.CSc1ccc(C)cc1.Cc1ccc(C)cc1. The molecular formula is C37H46O2S. The summed E-state index contributed by atoms with van der Waals surface area (Å²) in [6.07, 6.45) is 2.09. The molecule has 212 valence electrons. The summed E-state index contributed by atoms with van der Waals surface area (Å²) < 4.78 is 10.2. The van der Waals surface area contributed by atoms with Crippen molar-refractivity contribution in [2.24, 2.45) is 0 Å². The highest BCUT2D eigenvalue weighted by Crippen LogP contribution is 2.25. The van der Waals surface area contributed by atoms with E-state index in [0.717, 1.165) is 11.5 Å². The molecule has 40 heavy (non-hydrogen) atoms. The van der Waals surface area contributed by atoms with Gasteiger partial charge >= 0.3 is 0 Å². The van der Waals surface area contributed by atoms with Gasteiger partial charge in [-0.25, -0.2) is 0 Å². The first-order valence-electron chi connectivity index (χ1n) is 13.0. The molecule has 0 aromatic heterocycles. The minimum atomic E-state index is 0. The van der Waals surface area contributed by atoms with E-state index < -0.39 is 0 Å². The first-order valence-corrected chi connectivity index (χ1v) is 14.3. The van der Waals surface area contributed by atoms with Crippen LogP contribution < -0.4 is 9.47 Å². The van der Waals surface area contributed by atoms with Crippen LogP contribution in [-0.2, 0) is 0 Å². The third kappa shape index (κ3) is 12.4. The van der Waals surface area contributed by atoms with E-state index in [0.29, 0.717) is 0 Å². The number of fused-ring (bicyclic) bond motifs is 1. The van der Waals surface area contributed by atoms with Gasteiger partial charge in [0.2, 0.25) is 0 Å². The molecule has 0 aliphatic carbocycles. The van der Waals surface area contributed by atoms with Gasteiger partial charge in [0.25, 0.3) is 0 Å². The van der Waals surface area contributed by atoms with Crippen molar-refractivity contribution >= 4 is 22.5 Å². The number of hydrogen-bond acceptors (Lipinski definition) is 3. The normalized spacial score (nSPS) is 9.40. The van der Waals surface area contributed by atoms with Crippen molar-refractivity contribution < 1.29 is 9.47 Å². The predicted octanol–water partition coefficient (Wildman–Crippen LogP) is 10.8. The Kier molecular flexibility index (Phi) is 15.9. The summed E-state index contributed by atoms with van der Waals surface area (Å²) in [4.78, 5) is 1.33. The number of hydrogen-bond donors (Lipinski definition) is 0. The van der Waals surface area contributed by atoms with Gasteiger partial charge in [-0.2, -0.15) is 0 Å². The van der Waals surface area contributed by atoms with Gasteiger partial charge in [-0.15, -0.1) is 11.8 Å². The maximum absolute atomic E-state index is 5.27. The highest BCUT2D eigenvalue weighted by atomic mass is 32.2. The second-order valence-corrected chi connectivity index (χ2v) is 10.3. The Morgan fingerprint density at radius 3 is 1.40 bits per heavy atom. The van der Waals surface area contributed by atoms with Crippen LogP contribution in [0.25, 0.3) is 10.8 Å².